The van der Waals surface area contributed by atoms with Gasteiger partial charge in [-0.3, -0.25) is 19.3 Å². The number of fused-ring (bicyclic) bond motifs is 1. The largest absolute Gasteiger partial charge is 0.378 e. The van der Waals surface area contributed by atoms with Crippen molar-refractivity contribution in [1.82, 2.24) is 4.90 Å². The molecule has 6 nitrogen and oxygen atoms in total. The zero-order valence-electron chi connectivity index (χ0n) is 18.0. The van der Waals surface area contributed by atoms with Gasteiger partial charge in [-0.2, -0.15) is 0 Å². The van der Waals surface area contributed by atoms with Gasteiger partial charge in [-0.15, -0.1) is 0 Å². The van der Waals surface area contributed by atoms with Gasteiger partial charge >= 0.3 is 0 Å². The lowest BCUT2D eigenvalue weighted by molar-refractivity contribution is -0.143. The third-order valence-corrected chi connectivity index (χ3v) is 6.05. The highest BCUT2D eigenvalue weighted by molar-refractivity contribution is 6.07. The van der Waals surface area contributed by atoms with E-state index in [0.29, 0.717) is 6.54 Å². The van der Waals surface area contributed by atoms with E-state index in [1.54, 1.807) is 5.06 Å². The number of nitrogens with zero attached hydrogens (tertiary/aromatic N) is 3. The van der Waals surface area contributed by atoms with E-state index < -0.39 is 12.0 Å². The highest BCUT2D eigenvalue weighted by Crippen LogP contribution is 2.47. The van der Waals surface area contributed by atoms with Crippen molar-refractivity contribution < 1.29 is 14.4 Å². The molecule has 0 aromatic heterocycles. The monoisotopic (exact) mass is 407 g/mol. The standard InChI is InChI=1S/C24H29N3O3/c1-5-6-15-26-23(28)20-21(17-11-13-18(14-12-17)25(3)4)27(30-22(20)24(26)29)19-10-8-7-9-16(19)2/h7-14,20-22H,5-6,15H2,1-4H3/t20-,21-,22-/m0/s1. The Hall–Kier alpha value is -2.86. The number of para-hydroxylation sites is 1. The predicted octanol–water partition coefficient (Wildman–Crippen LogP) is 3.71. The summed E-state index contributed by atoms with van der Waals surface area (Å²) in [4.78, 5) is 36.0. The van der Waals surface area contributed by atoms with Crippen molar-refractivity contribution in [1.29, 1.82) is 0 Å². The van der Waals surface area contributed by atoms with Crippen LogP contribution in [0.5, 0.6) is 0 Å². The number of hydrogen-bond acceptors (Lipinski definition) is 5. The molecule has 2 heterocycles. The Labute approximate surface area is 178 Å². The second-order valence-corrected chi connectivity index (χ2v) is 8.28. The quantitative estimate of drug-likeness (QED) is 0.684. The molecule has 0 N–H and O–H groups in total. The molecule has 3 atom stereocenters. The Morgan fingerprint density at radius 1 is 1.00 bits per heavy atom. The van der Waals surface area contributed by atoms with E-state index in [-0.39, 0.29) is 17.9 Å². The SMILES string of the molecule is CCCCN1C(=O)[C@@H]2[C@H](ON(c3ccccc3C)[C@H]2c2ccc(N(C)C)cc2)C1=O. The van der Waals surface area contributed by atoms with Gasteiger partial charge in [-0.05, 0) is 42.7 Å². The second-order valence-electron chi connectivity index (χ2n) is 8.28. The van der Waals surface area contributed by atoms with E-state index in [1.807, 2.05) is 74.4 Å². The van der Waals surface area contributed by atoms with Gasteiger partial charge in [0.1, 0.15) is 5.92 Å². The van der Waals surface area contributed by atoms with Gasteiger partial charge in [0.25, 0.3) is 5.91 Å². The maximum Gasteiger partial charge on any atom is 0.261 e. The first kappa shape index (κ1) is 20.4. The van der Waals surface area contributed by atoms with E-state index in [1.165, 1.54) is 4.90 Å². The zero-order chi connectivity index (χ0) is 21.4. The third-order valence-electron chi connectivity index (χ3n) is 6.05. The summed E-state index contributed by atoms with van der Waals surface area (Å²) in [5, 5.41) is 1.78. The number of carbonyl (C=O) groups is 2. The van der Waals surface area contributed by atoms with Crippen LogP contribution in [0.25, 0.3) is 0 Å². The summed E-state index contributed by atoms with van der Waals surface area (Å²) in [5.41, 5.74) is 3.97. The van der Waals surface area contributed by atoms with Gasteiger partial charge in [0.15, 0.2) is 6.10 Å². The zero-order valence-corrected chi connectivity index (χ0v) is 18.0. The lowest BCUT2D eigenvalue weighted by atomic mass is 9.90. The van der Waals surface area contributed by atoms with E-state index in [9.17, 15) is 9.59 Å². The molecule has 30 heavy (non-hydrogen) atoms. The Balaban J connectivity index is 1.75. The molecule has 2 aromatic rings. The highest BCUT2D eigenvalue weighted by Gasteiger charge is 2.59. The smallest absolute Gasteiger partial charge is 0.261 e. The van der Waals surface area contributed by atoms with Gasteiger partial charge in [0.2, 0.25) is 5.91 Å². The maximum atomic E-state index is 13.3. The van der Waals surface area contributed by atoms with Gasteiger partial charge in [-0.1, -0.05) is 43.7 Å². The molecule has 0 saturated carbocycles. The second kappa shape index (κ2) is 8.11. The Morgan fingerprint density at radius 2 is 1.70 bits per heavy atom. The molecule has 2 aromatic carbocycles. The van der Waals surface area contributed by atoms with Crippen LogP contribution >= 0.6 is 0 Å². The fourth-order valence-electron chi connectivity index (χ4n) is 4.34. The molecular formula is C24H29N3O3. The molecule has 2 saturated heterocycles. The topological polar surface area (TPSA) is 53.1 Å². The van der Waals surface area contributed by atoms with Crippen LogP contribution < -0.4 is 9.96 Å². The van der Waals surface area contributed by atoms with Crippen LogP contribution in [0.2, 0.25) is 0 Å². The first-order valence-electron chi connectivity index (χ1n) is 10.6. The van der Waals surface area contributed by atoms with Crippen LogP contribution in [-0.2, 0) is 14.4 Å². The molecule has 0 unspecified atom stereocenters. The van der Waals surface area contributed by atoms with Crippen LogP contribution in [0.1, 0.15) is 36.9 Å². The summed E-state index contributed by atoms with van der Waals surface area (Å²) in [7, 11) is 3.99. The van der Waals surface area contributed by atoms with Crippen LogP contribution in [0.3, 0.4) is 0 Å². The lowest BCUT2D eigenvalue weighted by Crippen LogP contribution is -2.38. The van der Waals surface area contributed by atoms with Crippen molar-refractivity contribution in [2.75, 3.05) is 30.6 Å². The number of rotatable bonds is 6. The van der Waals surface area contributed by atoms with Crippen LogP contribution in [0, 0.1) is 12.8 Å². The number of anilines is 2. The molecule has 0 bridgehead atoms. The lowest BCUT2D eigenvalue weighted by Gasteiger charge is -2.30. The predicted molar refractivity (Wildman–Crippen MR) is 117 cm³/mol. The molecule has 2 fully saturated rings. The van der Waals surface area contributed by atoms with E-state index in [4.69, 9.17) is 4.84 Å². The minimum absolute atomic E-state index is 0.128. The average molecular weight is 408 g/mol. The molecule has 2 amide bonds. The molecule has 6 heteroatoms. The minimum atomic E-state index is -0.771. The molecule has 2 aliphatic heterocycles. The van der Waals surface area contributed by atoms with Crippen molar-refractivity contribution >= 4 is 23.2 Å². The molecule has 0 aliphatic carbocycles. The van der Waals surface area contributed by atoms with Gasteiger partial charge < -0.3 is 4.90 Å². The summed E-state index contributed by atoms with van der Waals surface area (Å²) >= 11 is 0. The van der Waals surface area contributed by atoms with Crippen molar-refractivity contribution in [3.05, 3.63) is 59.7 Å². The summed E-state index contributed by atoms with van der Waals surface area (Å²) in [5.74, 6) is -0.889. The number of benzene rings is 2. The summed E-state index contributed by atoms with van der Waals surface area (Å²) < 4.78 is 0. The van der Waals surface area contributed by atoms with Crippen molar-refractivity contribution in [3.63, 3.8) is 0 Å². The number of imide groups is 1. The van der Waals surface area contributed by atoms with E-state index in [2.05, 4.69) is 6.92 Å². The van der Waals surface area contributed by atoms with Gasteiger partial charge in [-0.25, -0.2) is 5.06 Å². The minimum Gasteiger partial charge on any atom is -0.378 e. The molecule has 4 rings (SSSR count). The number of aryl methyl sites for hydroxylation is 1. The number of carbonyl (C=O) groups excluding carboxylic acids is 2. The molecular weight excluding hydrogens is 378 g/mol. The van der Waals surface area contributed by atoms with Crippen LogP contribution in [0.15, 0.2) is 48.5 Å². The van der Waals surface area contributed by atoms with E-state index in [0.717, 1.165) is 35.3 Å². The average Bonchev–Trinajstić information content (AvgIpc) is 3.23. The fourth-order valence-corrected chi connectivity index (χ4v) is 4.34. The summed E-state index contributed by atoms with van der Waals surface area (Å²) in [6.07, 6.45) is 0.964. The molecule has 2 aliphatic rings. The third kappa shape index (κ3) is 3.35. The van der Waals surface area contributed by atoms with Crippen molar-refractivity contribution in [3.8, 4) is 0 Å². The van der Waals surface area contributed by atoms with Gasteiger partial charge in [0.05, 0.1) is 11.7 Å². The normalized spacial score (nSPS) is 23.3. The number of likely N-dealkylation sites (tertiary alicyclic amines) is 1. The molecule has 0 spiro atoms. The van der Waals surface area contributed by atoms with Gasteiger partial charge in [0, 0.05) is 26.3 Å². The molecule has 0 radical (unpaired) electrons. The maximum absolute atomic E-state index is 13.3. The number of hydrogen-bond donors (Lipinski definition) is 0. The highest BCUT2D eigenvalue weighted by atomic mass is 16.7. The Kier molecular flexibility index (Phi) is 5.52. The molecule has 158 valence electrons. The number of amides is 2. The Bertz CT molecular complexity index is 941. The number of unbranched alkanes of at least 4 members (excludes halogenated alkanes) is 1. The van der Waals surface area contributed by atoms with Crippen molar-refractivity contribution in [2.45, 2.75) is 38.8 Å². The Morgan fingerprint density at radius 3 is 2.33 bits per heavy atom. The summed E-state index contributed by atoms with van der Waals surface area (Å²) in [6.45, 7) is 4.52. The fraction of sp³-hybridized carbons (Fsp3) is 0.417. The van der Waals surface area contributed by atoms with E-state index >= 15 is 0 Å². The van der Waals surface area contributed by atoms with Crippen LogP contribution in [-0.4, -0.2) is 43.5 Å². The number of hydroxylamine groups is 1. The van der Waals surface area contributed by atoms with Crippen molar-refractivity contribution in [2.24, 2.45) is 5.92 Å². The summed E-state index contributed by atoms with van der Waals surface area (Å²) in [6, 6.07) is 15.7. The first-order chi connectivity index (χ1) is 14.4. The van der Waals surface area contributed by atoms with Crippen LogP contribution in [0.4, 0.5) is 11.4 Å². The first-order valence-corrected chi connectivity index (χ1v) is 10.6.